The predicted molar refractivity (Wildman–Crippen MR) is 574 cm³/mol. The minimum absolute atomic E-state index is 0.0279. The molecule has 8 aliphatic rings. The summed E-state index contributed by atoms with van der Waals surface area (Å²) in [5, 5.41) is 28.5. The second-order valence-electron chi connectivity index (χ2n) is 34.6. The lowest BCUT2D eigenvalue weighted by Crippen LogP contribution is -2.49. The quantitative estimate of drug-likeness (QED) is 0.0153. The zero-order valence-corrected chi connectivity index (χ0v) is 89.3. The van der Waals surface area contributed by atoms with E-state index in [1.165, 1.54) is 132 Å². The molecular formula is C98H109Cl8N25O16S. The molecule has 8 atom stereocenters. The van der Waals surface area contributed by atoms with Crippen LogP contribution < -0.4 is 120 Å². The van der Waals surface area contributed by atoms with Gasteiger partial charge in [0.25, 0.3) is 0 Å². The first kappa shape index (κ1) is 110. The summed E-state index contributed by atoms with van der Waals surface area (Å²) in [6, 6.07) is 4.10. The average molecular weight is 2210 g/mol. The van der Waals surface area contributed by atoms with E-state index in [1.54, 1.807) is 75.7 Å². The van der Waals surface area contributed by atoms with E-state index in [9.17, 15) is 38.4 Å². The molecular weight excluding hydrogens is 2100 g/mol. The van der Waals surface area contributed by atoms with Crippen molar-refractivity contribution in [3.8, 4) is 46.0 Å². The number of anilines is 12. The number of ether oxygens (including phenoxy) is 8. The maximum atomic E-state index is 14.1. The number of urea groups is 4. The first-order valence-corrected chi connectivity index (χ1v) is 50.5. The van der Waals surface area contributed by atoms with Gasteiger partial charge in [0.15, 0.2) is 0 Å². The largest absolute Gasteiger partial charge is 0.495 e. The van der Waals surface area contributed by atoms with Crippen molar-refractivity contribution in [3.63, 3.8) is 0 Å². The summed E-state index contributed by atoms with van der Waals surface area (Å²) in [5.41, 5.74) is 6.27. The zero-order valence-electron chi connectivity index (χ0n) is 82.5. The Labute approximate surface area is 897 Å². The van der Waals surface area contributed by atoms with E-state index in [0.29, 0.717) is 134 Å². The summed E-state index contributed by atoms with van der Waals surface area (Å²) in [4.78, 5) is 154. The second-order valence-corrected chi connectivity index (χ2v) is 38.4. The van der Waals surface area contributed by atoms with E-state index in [-0.39, 0.29) is 186 Å². The fourth-order valence-electron chi connectivity index (χ4n) is 18.2. The van der Waals surface area contributed by atoms with Crippen molar-refractivity contribution in [1.29, 1.82) is 0 Å². The first-order valence-electron chi connectivity index (χ1n) is 46.6. The summed E-state index contributed by atoms with van der Waals surface area (Å²) in [7, 11) is 16.6. The molecule has 148 heavy (non-hydrogen) atoms. The lowest BCUT2D eigenvalue weighted by Gasteiger charge is -2.37. The van der Waals surface area contributed by atoms with Crippen molar-refractivity contribution >= 4 is 222 Å². The highest BCUT2D eigenvalue weighted by Crippen LogP contribution is 2.54. The number of nitrogens with one attached hydrogen (secondary N) is 8. The van der Waals surface area contributed by atoms with Gasteiger partial charge in [-0.05, 0) is 82.1 Å². The van der Waals surface area contributed by atoms with Crippen LogP contribution in [0.4, 0.5) is 89.0 Å². The number of methoxy groups -OCH3 is 8. The van der Waals surface area contributed by atoms with Crippen LogP contribution >= 0.6 is 104 Å². The minimum atomic E-state index is -0.400. The van der Waals surface area contributed by atoms with Gasteiger partial charge in [0.05, 0.1) is 136 Å². The van der Waals surface area contributed by atoms with Crippen molar-refractivity contribution in [2.45, 2.75) is 165 Å². The van der Waals surface area contributed by atoms with Crippen molar-refractivity contribution < 1.29 is 76.3 Å². The number of hydrogen-bond donors (Lipinski definition) is 8. The van der Waals surface area contributed by atoms with Crippen LogP contribution in [0.5, 0.6) is 46.0 Å². The molecule has 3 fully saturated rings. The number of halogens is 8. The van der Waals surface area contributed by atoms with Crippen LogP contribution in [0.25, 0.3) is 0 Å². The molecule has 9 heterocycles. The van der Waals surface area contributed by atoms with Crippen LogP contribution in [0.3, 0.4) is 0 Å². The van der Waals surface area contributed by atoms with E-state index in [1.807, 2.05) is 17.5 Å². The van der Waals surface area contributed by atoms with Gasteiger partial charge >= 0.3 is 24.1 Å². The molecule has 41 nitrogen and oxygen atoms in total. The topological polar surface area (TPSA) is 449 Å². The molecule has 0 spiro atoms. The Bertz CT molecular complexity index is 6490. The number of rotatable bonds is 30. The molecule has 4 aliphatic carbocycles. The average Bonchev–Trinajstić information content (AvgIpc) is 1.25. The Kier molecular flexibility index (Phi) is 36.8. The highest BCUT2D eigenvalue weighted by atomic mass is 35.5. The van der Waals surface area contributed by atoms with Gasteiger partial charge in [0.2, 0.25) is 47.4 Å². The molecule has 0 saturated heterocycles. The van der Waals surface area contributed by atoms with Crippen LogP contribution in [0.2, 0.25) is 40.2 Å². The summed E-state index contributed by atoms with van der Waals surface area (Å²) >= 11 is 54.1. The molecule has 3 saturated carbocycles. The standard InChI is InChI=1S/C27H29Cl2N7O4S.C24H28Cl2N6O4.C24H26Cl2N6O4.C23H26Cl2N6O4/c1-4-21(37)32-17-7-5-6-8-18(17)33-26-30-10-15-11-35(24-22(28)19(39-2)9-20(40-3)23(24)29)27(38)36(25(15)34-26)12-16-13-41-14-31-16;2*1-5-18(33)28-14-8-6-7-9-15(14)29-23-27-11-13-12-32(24(34)31(2)22(13)30-23)21-19(25)16(35-3)10-17(36-4)20(21)26;1-5-17(32)27-13-7-6-8-14(13)28-22-26-10-12-11-31(23(33)30(2)21(12)29-22)20-18(24)15(34-3)9-16(35-4)19(20)25/h4,9-10,13-14,17-18H,1,5-8,11-12H2,2-3H3,(H,32,37)(H,30,33,34);5,10-11,14-15H,1,6-9,12H2,2-4H3,(H,28,33)(H,27,29,30);5-7,10-11,14-15H,1,8-9,12H2,2-4H3,(H,28,33)(H,27,29,30);5,9-10,13-14H,1,6-8,11H2,2-4H3,(H,27,32)(H,26,28,29)/t17-,18+;14-,15+;;/m00../s1. The van der Waals surface area contributed by atoms with Gasteiger partial charge in [-0.1, -0.05) is 157 Å². The lowest BCUT2D eigenvalue weighted by atomic mass is 9.90. The maximum absolute atomic E-state index is 14.1. The van der Waals surface area contributed by atoms with Crippen LogP contribution in [-0.4, -0.2) is 219 Å². The third-order valence-electron chi connectivity index (χ3n) is 25.8. The van der Waals surface area contributed by atoms with Gasteiger partial charge in [-0.3, -0.25) is 58.4 Å². The molecule has 784 valence electrons. The van der Waals surface area contributed by atoms with Crippen molar-refractivity contribution in [2.75, 3.05) is 138 Å². The Morgan fingerprint density at radius 1 is 0.351 bits per heavy atom. The SMILES string of the molecule is C=CC(=O)NC1CC=CCC1Nc1ncc2c(n1)N(C)C(=O)N(c1c(Cl)c(OC)cc(OC)c1Cl)C2.C=CC(=O)NC1CCCC1Nc1ncc2c(n1)N(C)C(=O)N(c1c(Cl)c(OC)cc(OC)c1Cl)C2.C=CC(=O)N[C@H]1CCCC[C@H]1Nc1ncc2c(n1)N(C)C(=O)N(c1c(Cl)c(OC)cc(OC)c1Cl)C2.C=CC(=O)N[C@H]1CCCC[C@H]1Nc1ncc2c(n1)N(Cc1cscn1)C(=O)N(c1c(Cl)c(OC)cc(OC)c1Cl)C2. The van der Waals surface area contributed by atoms with E-state index in [2.05, 4.69) is 109 Å². The van der Waals surface area contributed by atoms with Crippen molar-refractivity contribution in [1.82, 2.24) is 66.1 Å². The minimum Gasteiger partial charge on any atom is -0.495 e. The van der Waals surface area contributed by atoms with Gasteiger partial charge in [0, 0.05) is 134 Å². The Morgan fingerprint density at radius 2 is 0.601 bits per heavy atom. The number of thiazole rings is 1. The molecule has 9 aromatic rings. The highest BCUT2D eigenvalue weighted by molar-refractivity contribution is 7.07. The van der Waals surface area contributed by atoms with Gasteiger partial charge in [-0.25, -0.2) is 44.1 Å². The molecule has 50 heteroatoms. The number of carbonyl (C=O) groups excluding carboxylic acids is 8. The smallest absolute Gasteiger partial charge is 0.330 e. The fraction of sp³-hybridized carbons (Fsp3) is 0.378. The van der Waals surface area contributed by atoms with E-state index < -0.39 is 6.03 Å². The van der Waals surface area contributed by atoms with E-state index in [4.69, 9.17) is 136 Å². The number of aromatic nitrogens is 9. The predicted octanol–water partition coefficient (Wildman–Crippen LogP) is 18.0. The van der Waals surface area contributed by atoms with Crippen LogP contribution in [0.1, 0.15) is 111 Å². The monoisotopic (exact) mass is 2200 g/mol. The Balaban J connectivity index is 0.000000156. The summed E-state index contributed by atoms with van der Waals surface area (Å²) in [6.07, 6.45) is 27.2. The zero-order chi connectivity index (χ0) is 106. The van der Waals surface area contributed by atoms with E-state index in [0.717, 1.165) is 70.6 Å². The molecule has 8 N–H and O–H groups in total. The third kappa shape index (κ3) is 24.0. The van der Waals surface area contributed by atoms with Crippen LogP contribution in [0.15, 0.2) is 123 Å². The van der Waals surface area contributed by atoms with Crippen molar-refractivity contribution in [2.24, 2.45) is 0 Å². The Hall–Kier alpha value is -13.6. The molecule has 12 amide bonds. The molecule has 4 aromatic carbocycles. The summed E-state index contributed by atoms with van der Waals surface area (Å²) in [6.45, 7) is 14.8. The highest BCUT2D eigenvalue weighted by Gasteiger charge is 2.44. The van der Waals surface area contributed by atoms with Crippen LogP contribution in [0, 0.1) is 0 Å². The van der Waals surface area contributed by atoms with E-state index >= 15 is 0 Å². The van der Waals surface area contributed by atoms with Gasteiger partial charge < -0.3 is 80.4 Å². The fourth-order valence-corrected chi connectivity index (χ4v) is 21.6. The van der Waals surface area contributed by atoms with Crippen molar-refractivity contribution in [3.05, 3.63) is 191 Å². The summed E-state index contributed by atoms with van der Waals surface area (Å²) in [5.74, 6) is 5.00. The Morgan fingerprint density at radius 3 is 0.885 bits per heavy atom. The normalized spacial score (nSPS) is 19.0. The van der Waals surface area contributed by atoms with Gasteiger partial charge in [0.1, 0.15) is 109 Å². The first-order chi connectivity index (χ1) is 71.2. The third-order valence-corrected chi connectivity index (χ3v) is 29.3. The van der Waals surface area contributed by atoms with Gasteiger partial charge in [-0.15, -0.1) is 11.3 Å². The molecule has 5 aromatic heterocycles. The van der Waals surface area contributed by atoms with Gasteiger partial charge in [-0.2, -0.15) is 19.9 Å². The second kappa shape index (κ2) is 49.5. The summed E-state index contributed by atoms with van der Waals surface area (Å²) < 4.78 is 42.9. The lowest BCUT2D eigenvalue weighted by molar-refractivity contribution is -0.118. The molecule has 17 rings (SSSR count). The molecule has 0 bridgehead atoms. The number of carbonyl (C=O) groups is 8. The number of hydrogen-bond acceptors (Lipinski definition) is 30. The number of amides is 12. The van der Waals surface area contributed by atoms with Crippen LogP contribution in [-0.2, 0) is 51.9 Å². The molecule has 4 aliphatic heterocycles. The number of fused-ring (bicyclic) bond motifs is 4. The molecule has 0 radical (unpaired) electrons. The molecule has 4 unspecified atom stereocenters. The number of nitrogens with zero attached hydrogens (tertiary/aromatic N) is 17. The number of benzene rings is 4. The maximum Gasteiger partial charge on any atom is 0.330 e.